The van der Waals surface area contributed by atoms with Gasteiger partial charge in [0, 0.05) is 12.6 Å². The number of aliphatic hydroxyl groups excluding tert-OH is 1. The van der Waals surface area contributed by atoms with E-state index in [1.807, 2.05) is 20.8 Å². The van der Waals surface area contributed by atoms with E-state index < -0.39 is 6.10 Å². The molecule has 1 unspecified atom stereocenters. The molecule has 5 heteroatoms. The van der Waals surface area contributed by atoms with Crippen molar-refractivity contribution < 1.29 is 9.90 Å². The molecule has 1 rings (SSSR count). The van der Waals surface area contributed by atoms with Gasteiger partial charge in [0.15, 0.2) is 0 Å². The monoisotopic (exact) mass is 242 g/mol. The topological polar surface area (TPSA) is 53.4 Å². The Balaban J connectivity index is 2.88. The smallest absolute Gasteiger partial charge is 0.266 e. The molecule has 0 radical (unpaired) electrons. The lowest BCUT2D eigenvalue weighted by molar-refractivity contribution is 0.0582. The van der Waals surface area contributed by atoms with Gasteiger partial charge in [0.25, 0.3) is 5.91 Å². The number of aliphatic hydroxyl groups is 1. The van der Waals surface area contributed by atoms with Crippen LogP contribution in [0.25, 0.3) is 0 Å². The number of hydrogen-bond acceptors (Lipinski definition) is 4. The number of aromatic nitrogens is 1. The Hall–Kier alpha value is -0.940. The first-order valence-corrected chi connectivity index (χ1v) is 6.20. The third-order valence-electron chi connectivity index (χ3n) is 2.28. The van der Waals surface area contributed by atoms with Crippen molar-refractivity contribution in [1.29, 1.82) is 0 Å². The molecule has 16 heavy (non-hydrogen) atoms. The second-order valence-corrected chi connectivity index (χ2v) is 5.02. The zero-order chi connectivity index (χ0) is 12.3. The maximum atomic E-state index is 12.2. The number of hydrogen-bond donors (Lipinski definition) is 1. The largest absolute Gasteiger partial charge is 0.392 e. The van der Waals surface area contributed by atoms with Gasteiger partial charge in [0.1, 0.15) is 4.88 Å². The van der Waals surface area contributed by atoms with E-state index in [-0.39, 0.29) is 11.9 Å². The van der Waals surface area contributed by atoms with Gasteiger partial charge in [-0.1, -0.05) is 0 Å². The Kier molecular flexibility index (Phi) is 4.44. The van der Waals surface area contributed by atoms with Gasteiger partial charge in [-0.3, -0.25) is 4.79 Å². The lowest BCUT2D eigenvalue weighted by atomic mass is 10.2. The average molecular weight is 242 g/mol. The van der Waals surface area contributed by atoms with Gasteiger partial charge in [-0.25, -0.2) is 4.98 Å². The molecule has 0 fully saturated rings. The van der Waals surface area contributed by atoms with Gasteiger partial charge < -0.3 is 10.0 Å². The summed E-state index contributed by atoms with van der Waals surface area (Å²) in [5.41, 5.74) is 2.43. The van der Waals surface area contributed by atoms with Gasteiger partial charge in [-0.2, -0.15) is 0 Å². The molecule has 0 saturated heterocycles. The quantitative estimate of drug-likeness (QED) is 0.874. The molecular formula is C11H18N2O2S. The molecule has 1 aromatic rings. The summed E-state index contributed by atoms with van der Waals surface area (Å²) in [5.74, 6) is -0.0455. The summed E-state index contributed by atoms with van der Waals surface area (Å²) >= 11 is 1.35. The summed E-state index contributed by atoms with van der Waals surface area (Å²) in [7, 11) is 0. The zero-order valence-corrected chi connectivity index (χ0v) is 10.9. The molecule has 0 spiro atoms. The predicted octanol–water partition coefficient (Wildman–Crippen LogP) is 1.68. The number of nitrogens with zero attached hydrogens (tertiary/aromatic N) is 2. The molecule has 1 N–H and O–H groups in total. The van der Waals surface area contributed by atoms with E-state index in [1.165, 1.54) is 11.3 Å². The molecule has 1 aromatic heterocycles. The first-order valence-electron chi connectivity index (χ1n) is 5.32. The molecule has 1 heterocycles. The van der Waals surface area contributed by atoms with Crippen molar-refractivity contribution in [3.8, 4) is 0 Å². The van der Waals surface area contributed by atoms with Crippen LogP contribution in [0.4, 0.5) is 0 Å². The van der Waals surface area contributed by atoms with E-state index in [9.17, 15) is 9.90 Å². The number of aryl methyl sites for hydroxylation is 1. The maximum absolute atomic E-state index is 12.2. The first-order chi connectivity index (χ1) is 7.43. The van der Waals surface area contributed by atoms with Crippen molar-refractivity contribution >= 4 is 17.2 Å². The number of carbonyl (C=O) groups is 1. The molecule has 0 bridgehead atoms. The Morgan fingerprint density at radius 3 is 2.56 bits per heavy atom. The highest BCUT2D eigenvalue weighted by Crippen LogP contribution is 2.16. The van der Waals surface area contributed by atoms with Crippen molar-refractivity contribution in [2.75, 3.05) is 6.54 Å². The fourth-order valence-corrected chi connectivity index (χ4v) is 2.21. The molecule has 0 aliphatic rings. The molecule has 4 nitrogen and oxygen atoms in total. The van der Waals surface area contributed by atoms with Crippen LogP contribution in [-0.2, 0) is 0 Å². The molecule has 90 valence electrons. The fraction of sp³-hybridized carbons (Fsp3) is 0.636. The highest BCUT2D eigenvalue weighted by atomic mass is 32.1. The van der Waals surface area contributed by atoms with Crippen LogP contribution in [0.5, 0.6) is 0 Å². The van der Waals surface area contributed by atoms with Crippen LogP contribution in [0.3, 0.4) is 0 Å². The van der Waals surface area contributed by atoms with Crippen LogP contribution in [0.2, 0.25) is 0 Å². The average Bonchev–Trinajstić information content (AvgIpc) is 2.59. The van der Waals surface area contributed by atoms with Crippen molar-refractivity contribution in [3.05, 3.63) is 16.1 Å². The summed E-state index contributed by atoms with van der Waals surface area (Å²) in [6.45, 7) is 7.74. The molecule has 0 aliphatic heterocycles. The number of amides is 1. The van der Waals surface area contributed by atoms with E-state index >= 15 is 0 Å². The standard InChI is InChI=1S/C11H18N2O2S/c1-7(2)13(5-8(3)14)11(15)10-9(4)12-6-16-10/h6-8,14H,5H2,1-4H3. The fourth-order valence-electron chi connectivity index (χ4n) is 1.45. The second-order valence-electron chi connectivity index (χ2n) is 4.17. The van der Waals surface area contributed by atoms with E-state index in [2.05, 4.69) is 4.98 Å². The summed E-state index contributed by atoms with van der Waals surface area (Å²) in [6, 6.07) is 0.0728. The van der Waals surface area contributed by atoms with Crippen LogP contribution in [0, 0.1) is 6.92 Å². The van der Waals surface area contributed by atoms with Gasteiger partial charge in [0.05, 0.1) is 17.3 Å². The van der Waals surface area contributed by atoms with Gasteiger partial charge in [0.2, 0.25) is 0 Å². The van der Waals surface area contributed by atoms with E-state index in [1.54, 1.807) is 17.3 Å². The minimum atomic E-state index is -0.514. The summed E-state index contributed by atoms with van der Waals surface area (Å²) in [4.78, 5) is 18.6. The van der Waals surface area contributed by atoms with Crippen LogP contribution >= 0.6 is 11.3 Å². The van der Waals surface area contributed by atoms with Crippen molar-refractivity contribution in [1.82, 2.24) is 9.88 Å². The van der Waals surface area contributed by atoms with Crippen LogP contribution in [0.15, 0.2) is 5.51 Å². The van der Waals surface area contributed by atoms with Gasteiger partial charge in [-0.05, 0) is 27.7 Å². The number of carbonyl (C=O) groups excluding carboxylic acids is 1. The van der Waals surface area contributed by atoms with E-state index in [4.69, 9.17) is 0 Å². The van der Waals surface area contributed by atoms with E-state index in [0.717, 1.165) is 5.69 Å². The minimum Gasteiger partial charge on any atom is -0.392 e. The Bertz CT molecular complexity index is 361. The maximum Gasteiger partial charge on any atom is 0.266 e. The molecule has 1 atom stereocenters. The first kappa shape index (κ1) is 13.1. The molecule has 0 aromatic carbocycles. The second kappa shape index (κ2) is 5.41. The van der Waals surface area contributed by atoms with Gasteiger partial charge >= 0.3 is 0 Å². The zero-order valence-electron chi connectivity index (χ0n) is 10.1. The highest BCUT2D eigenvalue weighted by molar-refractivity contribution is 7.11. The molecule has 0 aliphatic carbocycles. The Morgan fingerprint density at radius 2 is 2.19 bits per heavy atom. The van der Waals surface area contributed by atoms with Crippen LogP contribution in [-0.4, -0.2) is 39.6 Å². The Labute approximate surface area is 99.9 Å². The Morgan fingerprint density at radius 1 is 1.56 bits per heavy atom. The summed E-state index contributed by atoms with van der Waals surface area (Å²) in [6.07, 6.45) is -0.514. The van der Waals surface area contributed by atoms with Gasteiger partial charge in [-0.15, -0.1) is 11.3 Å². The summed E-state index contributed by atoms with van der Waals surface area (Å²) < 4.78 is 0. The van der Waals surface area contributed by atoms with Crippen LogP contribution < -0.4 is 0 Å². The molecular weight excluding hydrogens is 224 g/mol. The third kappa shape index (κ3) is 3.02. The molecule has 1 amide bonds. The highest BCUT2D eigenvalue weighted by Gasteiger charge is 2.22. The predicted molar refractivity (Wildman–Crippen MR) is 64.7 cm³/mol. The normalized spacial score (nSPS) is 12.9. The van der Waals surface area contributed by atoms with Crippen LogP contribution in [0.1, 0.15) is 36.1 Å². The molecule has 0 saturated carbocycles. The lowest BCUT2D eigenvalue weighted by Crippen LogP contribution is -2.41. The van der Waals surface area contributed by atoms with Crippen molar-refractivity contribution in [3.63, 3.8) is 0 Å². The minimum absolute atomic E-state index is 0.0455. The SMILES string of the molecule is Cc1ncsc1C(=O)N(CC(C)O)C(C)C. The lowest BCUT2D eigenvalue weighted by Gasteiger charge is -2.27. The van der Waals surface area contributed by atoms with Crippen molar-refractivity contribution in [2.45, 2.75) is 39.8 Å². The number of rotatable bonds is 4. The summed E-state index contributed by atoms with van der Waals surface area (Å²) in [5, 5.41) is 9.38. The van der Waals surface area contributed by atoms with E-state index in [0.29, 0.717) is 11.4 Å². The third-order valence-corrected chi connectivity index (χ3v) is 3.20. The number of thiazole rings is 1. The van der Waals surface area contributed by atoms with Crippen molar-refractivity contribution in [2.24, 2.45) is 0 Å².